The number of amides is 1. The summed E-state index contributed by atoms with van der Waals surface area (Å²) in [6.45, 7) is 2.53. The van der Waals surface area contributed by atoms with Crippen LogP contribution in [0.3, 0.4) is 0 Å². The number of alkyl halides is 2. The van der Waals surface area contributed by atoms with Crippen LogP contribution in [0.5, 0.6) is 0 Å². The van der Waals surface area contributed by atoms with Crippen LogP contribution in [0.4, 0.5) is 14.5 Å². The minimum atomic E-state index is -2.68. The van der Waals surface area contributed by atoms with E-state index in [4.69, 9.17) is 14.0 Å². The van der Waals surface area contributed by atoms with Crippen LogP contribution < -0.4 is 4.90 Å². The summed E-state index contributed by atoms with van der Waals surface area (Å²) in [6.07, 6.45) is 8.66. The number of nitrogens with zero attached hydrogens (tertiary/aromatic N) is 5. The van der Waals surface area contributed by atoms with E-state index in [1.54, 1.807) is 0 Å². The van der Waals surface area contributed by atoms with E-state index >= 15 is 0 Å². The van der Waals surface area contributed by atoms with Crippen LogP contribution in [-0.2, 0) is 16.6 Å². The SMILES string of the molecule is CCc1noc(-c2cccc(N(CC34CCC(c5nc(C6CC6)no5)(CC3)CC4)C(=O)C3CCC(F)(F)CC3)c2)n1. The van der Waals surface area contributed by atoms with E-state index in [2.05, 4.69) is 15.3 Å². The molecule has 0 aliphatic heterocycles. The quantitative estimate of drug-likeness (QED) is 0.290. The molecule has 1 amide bonds. The summed E-state index contributed by atoms with van der Waals surface area (Å²) >= 11 is 0. The van der Waals surface area contributed by atoms with Gasteiger partial charge in [-0.15, -0.1) is 0 Å². The van der Waals surface area contributed by atoms with Gasteiger partial charge in [-0.1, -0.05) is 23.3 Å². The van der Waals surface area contributed by atoms with Gasteiger partial charge in [0.1, 0.15) is 0 Å². The number of fused-ring (bicyclic) bond motifs is 3. The molecule has 8 rings (SSSR count). The number of hydrogen-bond acceptors (Lipinski definition) is 7. The summed E-state index contributed by atoms with van der Waals surface area (Å²) in [5.74, 6) is 0.0116. The number of carbonyl (C=O) groups excluding carboxylic acids is 1. The molecule has 5 fully saturated rings. The van der Waals surface area contributed by atoms with Crippen molar-refractivity contribution in [3.8, 4) is 11.5 Å². The highest BCUT2D eigenvalue weighted by Crippen LogP contribution is 2.58. The van der Waals surface area contributed by atoms with Crippen molar-refractivity contribution in [3.63, 3.8) is 0 Å². The third kappa shape index (κ3) is 5.07. The molecule has 5 aliphatic carbocycles. The maximum Gasteiger partial charge on any atom is 0.257 e. The lowest BCUT2D eigenvalue weighted by Gasteiger charge is -2.53. The monoisotopic (exact) mass is 565 g/mol. The van der Waals surface area contributed by atoms with Crippen molar-refractivity contribution in [1.29, 1.82) is 0 Å². The summed E-state index contributed by atoms with van der Waals surface area (Å²) in [5, 5.41) is 8.31. The molecule has 2 bridgehead atoms. The van der Waals surface area contributed by atoms with E-state index in [9.17, 15) is 13.6 Å². The molecule has 10 heteroatoms. The Morgan fingerprint density at radius 2 is 1.68 bits per heavy atom. The van der Waals surface area contributed by atoms with Crippen LogP contribution in [0.15, 0.2) is 33.3 Å². The highest BCUT2D eigenvalue weighted by molar-refractivity contribution is 5.95. The Kier molecular flexibility index (Phi) is 6.50. The second-order valence-corrected chi connectivity index (χ2v) is 13.0. The molecule has 8 nitrogen and oxygen atoms in total. The Hall–Kier alpha value is -3.17. The normalized spacial score (nSPS) is 27.7. The molecule has 0 saturated heterocycles. The average molecular weight is 566 g/mol. The molecule has 2 heterocycles. The zero-order chi connectivity index (χ0) is 28.2. The van der Waals surface area contributed by atoms with Crippen molar-refractivity contribution in [2.24, 2.45) is 11.3 Å². The van der Waals surface area contributed by atoms with Crippen molar-refractivity contribution in [3.05, 3.63) is 41.8 Å². The van der Waals surface area contributed by atoms with Gasteiger partial charge in [-0.25, -0.2) is 8.78 Å². The maximum atomic E-state index is 14.1. The highest BCUT2D eigenvalue weighted by atomic mass is 19.3. The first kappa shape index (κ1) is 26.7. The van der Waals surface area contributed by atoms with Gasteiger partial charge in [0.2, 0.25) is 17.7 Å². The number of carbonyl (C=O) groups is 1. The smallest absolute Gasteiger partial charge is 0.257 e. The first-order chi connectivity index (χ1) is 19.8. The summed E-state index contributed by atoms with van der Waals surface area (Å²) in [5.41, 5.74) is 1.39. The summed E-state index contributed by atoms with van der Waals surface area (Å²) < 4.78 is 39.3. The van der Waals surface area contributed by atoms with Crippen molar-refractivity contribution in [2.45, 2.75) is 108 Å². The second kappa shape index (κ2) is 9.98. The van der Waals surface area contributed by atoms with Gasteiger partial charge in [-0.05, 0) is 87.8 Å². The van der Waals surface area contributed by atoms with Gasteiger partial charge in [0, 0.05) is 54.3 Å². The van der Waals surface area contributed by atoms with Crippen molar-refractivity contribution < 1.29 is 22.6 Å². The topological polar surface area (TPSA) is 98.1 Å². The van der Waals surface area contributed by atoms with E-state index in [0.717, 1.165) is 74.3 Å². The van der Waals surface area contributed by atoms with Crippen LogP contribution in [0.25, 0.3) is 11.5 Å². The Balaban J connectivity index is 1.14. The average Bonchev–Trinajstić information content (AvgIpc) is 3.51. The maximum absolute atomic E-state index is 14.1. The number of hydrogen-bond donors (Lipinski definition) is 0. The van der Waals surface area contributed by atoms with E-state index in [1.165, 1.54) is 0 Å². The highest BCUT2D eigenvalue weighted by Gasteiger charge is 2.53. The van der Waals surface area contributed by atoms with Crippen LogP contribution >= 0.6 is 0 Å². The molecule has 5 aliphatic rings. The van der Waals surface area contributed by atoms with Gasteiger partial charge >= 0.3 is 0 Å². The van der Waals surface area contributed by atoms with Gasteiger partial charge in [-0.2, -0.15) is 9.97 Å². The van der Waals surface area contributed by atoms with Crippen LogP contribution in [0.2, 0.25) is 0 Å². The zero-order valence-electron chi connectivity index (χ0n) is 23.6. The molecule has 1 aromatic carbocycles. The fourth-order valence-electron chi connectivity index (χ4n) is 7.24. The van der Waals surface area contributed by atoms with Gasteiger partial charge in [0.25, 0.3) is 5.89 Å². The lowest BCUT2D eigenvalue weighted by Crippen LogP contribution is -2.52. The predicted octanol–water partition coefficient (Wildman–Crippen LogP) is 7.01. The minimum Gasteiger partial charge on any atom is -0.339 e. The number of halogens is 2. The lowest BCUT2D eigenvalue weighted by molar-refractivity contribution is -0.127. The number of aromatic nitrogens is 4. The fourth-order valence-corrected chi connectivity index (χ4v) is 7.24. The third-order valence-electron chi connectivity index (χ3n) is 10.3. The largest absolute Gasteiger partial charge is 0.339 e. The standard InChI is InChI=1S/C31H37F2N5O3/c1-2-24-34-26(40-36-24)22-4-3-5-23(18-22)38(27(39)21-8-10-31(32,33)11-9-21)19-29-12-15-30(16-13-29,17-14-29)28-35-25(37-41-28)20-6-7-20/h3-5,18,20-21H,2,6-17,19H2,1H3. The van der Waals surface area contributed by atoms with Crippen LogP contribution in [0.1, 0.15) is 107 Å². The van der Waals surface area contributed by atoms with Crippen molar-refractivity contribution >= 4 is 11.6 Å². The molecule has 2 aromatic heterocycles. The molecule has 5 saturated carbocycles. The zero-order valence-corrected chi connectivity index (χ0v) is 23.6. The van der Waals surface area contributed by atoms with Crippen LogP contribution in [0, 0.1) is 11.3 Å². The lowest BCUT2D eigenvalue weighted by atomic mass is 9.53. The number of aryl methyl sites for hydroxylation is 1. The molecule has 0 N–H and O–H groups in total. The number of rotatable bonds is 8. The van der Waals surface area contributed by atoms with Gasteiger partial charge in [0.05, 0.1) is 0 Å². The van der Waals surface area contributed by atoms with E-state index in [-0.39, 0.29) is 42.4 Å². The van der Waals surface area contributed by atoms with Crippen molar-refractivity contribution in [2.75, 3.05) is 11.4 Å². The summed E-state index contributed by atoms with van der Waals surface area (Å²) in [4.78, 5) is 25.3. The Morgan fingerprint density at radius 3 is 2.34 bits per heavy atom. The van der Waals surface area contributed by atoms with E-state index < -0.39 is 11.8 Å². The second-order valence-electron chi connectivity index (χ2n) is 13.0. The molecule has 218 valence electrons. The minimum absolute atomic E-state index is 0.0365. The first-order valence-electron chi connectivity index (χ1n) is 15.2. The molecular formula is C31H37F2N5O3. The van der Waals surface area contributed by atoms with Gasteiger partial charge in [-0.3, -0.25) is 4.79 Å². The van der Waals surface area contributed by atoms with Gasteiger partial charge in [0.15, 0.2) is 11.6 Å². The molecule has 0 atom stereocenters. The number of benzene rings is 1. The third-order valence-corrected chi connectivity index (χ3v) is 10.3. The van der Waals surface area contributed by atoms with Gasteiger partial charge < -0.3 is 13.9 Å². The Labute approximate surface area is 238 Å². The van der Waals surface area contributed by atoms with E-state index in [1.807, 2.05) is 36.1 Å². The van der Waals surface area contributed by atoms with Crippen LogP contribution in [-0.4, -0.2) is 38.7 Å². The first-order valence-corrected chi connectivity index (χ1v) is 15.2. The molecule has 41 heavy (non-hydrogen) atoms. The van der Waals surface area contributed by atoms with E-state index in [0.29, 0.717) is 30.6 Å². The fraction of sp³-hybridized carbons (Fsp3) is 0.645. The molecule has 0 radical (unpaired) electrons. The Bertz CT molecular complexity index is 1400. The predicted molar refractivity (Wildman–Crippen MR) is 146 cm³/mol. The molecule has 0 unspecified atom stereocenters. The number of anilines is 1. The summed E-state index contributed by atoms with van der Waals surface area (Å²) in [7, 11) is 0. The molecule has 0 spiro atoms. The molecular weight excluding hydrogens is 528 g/mol. The van der Waals surface area contributed by atoms with Crippen molar-refractivity contribution in [1.82, 2.24) is 20.3 Å². The molecule has 3 aromatic rings. The summed E-state index contributed by atoms with van der Waals surface area (Å²) in [6, 6.07) is 7.65. The Morgan fingerprint density at radius 1 is 0.951 bits per heavy atom.